The van der Waals surface area contributed by atoms with Crippen LogP contribution in [0, 0.1) is 16.7 Å². The molecule has 118 valence electrons. The highest BCUT2D eigenvalue weighted by Crippen LogP contribution is 2.37. The quantitative estimate of drug-likeness (QED) is 0.917. The summed E-state index contributed by atoms with van der Waals surface area (Å²) in [6.07, 6.45) is -1.30. The monoisotopic (exact) mass is 312 g/mol. The van der Waals surface area contributed by atoms with Gasteiger partial charge in [-0.2, -0.15) is 5.26 Å². The van der Waals surface area contributed by atoms with Gasteiger partial charge in [0.05, 0.1) is 6.07 Å². The third-order valence-corrected chi connectivity index (χ3v) is 3.68. The van der Waals surface area contributed by atoms with Crippen molar-refractivity contribution in [1.82, 2.24) is 0 Å². The summed E-state index contributed by atoms with van der Waals surface area (Å²) in [7, 11) is 0. The van der Waals surface area contributed by atoms with Gasteiger partial charge < -0.3 is 10.1 Å². The fourth-order valence-electron chi connectivity index (χ4n) is 2.57. The largest absolute Gasteiger partial charge is 0.573 e. The molecule has 1 fully saturated rings. The van der Waals surface area contributed by atoms with Crippen molar-refractivity contribution in [3.8, 4) is 11.8 Å². The Balaban J connectivity index is 2.11. The Bertz CT molecular complexity index is 587. The van der Waals surface area contributed by atoms with Gasteiger partial charge in [-0.05, 0) is 25.0 Å². The van der Waals surface area contributed by atoms with E-state index in [-0.39, 0.29) is 5.69 Å². The Kier molecular flexibility index (Phi) is 4.59. The van der Waals surface area contributed by atoms with E-state index in [1.807, 2.05) is 0 Å². The predicted molar refractivity (Wildman–Crippen MR) is 72.9 cm³/mol. The van der Waals surface area contributed by atoms with Gasteiger partial charge in [0.2, 0.25) is 5.91 Å². The van der Waals surface area contributed by atoms with Crippen LogP contribution in [0.4, 0.5) is 18.9 Å². The van der Waals surface area contributed by atoms with Crippen molar-refractivity contribution >= 4 is 11.6 Å². The molecule has 1 N–H and O–H groups in total. The van der Waals surface area contributed by atoms with Crippen LogP contribution in [0.2, 0.25) is 0 Å². The molecule has 0 bridgehead atoms. The number of nitrogens with one attached hydrogen (secondary N) is 1. The predicted octanol–water partition coefficient (Wildman–Crippen LogP) is 4.00. The van der Waals surface area contributed by atoms with Crippen molar-refractivity contribution in [2.75, 3.05) is 5.32 Å². The van der Waals surface area contributed by atoms with Gasteiger partial charge in [0, 0.05) is 11.8 Å². The molecule has 1 aromatic carbocycles. The molecular weight excluding hydrogens is 297 g/mol. The van der Waals surface area contributed by atoms with Crippen LogP contribution in [0.5, 0.6) is 5.75 Å². The summed E-state index contributed by atoms with van der Waals surface area (Å²) in [6.45, 7) is 0. The molecule has 0 radical (unpaired) electrons. The van der Waals surface area contributed by atoms with Gasteiger partial charge in [-0.25, -0.2) is 0 Å². The highest BCUT2D eigenvalue weighted by atomic mass is 19.4. The van der Waals surface area contributed by atoms with Gasteiger partial charge in [-0.1, -0.05) is 25.3 Å². The standard InChI is InChI=1S/C15H15F3N2O2/c16-15(17,18)22-12-6-4-5-11(9-12)20-13(21)14(10-19)7-2-1-3-8-14/h4-6,9H,1-3,7-8H2,(H,20,21). The third kappa shape index (κ3) is 3.91. The number of benzene rings is 1. The van der Waals surface area contributed by atoms with Gasteiger partial charge in [0.15, 0.2) is 0 Å². The molecule has 4 nitrogen and oxygen atoms in total. The van der Waals surface area contributed by atoms with E-state index in [0.29, 0.717) is 12.8 Å². The third-order valence-electron chi connectivity index (χ3n) is 3.68. The van der Waals surface area contributed by atoms with Gasteiger partial charge in [0.1, 0.15) is 11.2 Å². The lowest BCUT2D eigenvalue weighted by molar-refractivity contribution is -0.274. The molecular formula is C15H15F3N2O2. The van der Waals surface area contributed by atoms with Crippen molar-refractivity contribution in [1.29, 1.82) is 5.26 Å². The fourth-order valence-corrected chi connectivity index (χ4v) is 2.57. The zero-order valence-corrected chi connectivity index (χ0v) is 11.7. The second-order valence-corrected chi connectivity index (χ2v) is 5.28. The number of hydrogen-bond donors (Lipinski definition) is 1. The number of ether oxygens (including phenoxy) is 1. The first-order valence-electron chi connectivity index (χ1n) is 6.93. The minimum absolute atomic E-state index is 0.173. The van der Waals surface area contributed by atoms with E-state index in [4.69, 9.17) is 0 Å². The molecule has 1 aliphatic carbocycles. The molecule has 0 saturated heterocycles. The number of carbonyl (C=O) groups excluding carboxylic acids is 1. The normalized spacial score (nSPS) is 17.4. The second kappa shape index (κ2) is 6.26. The lowest BCUT2D eigenvalue weighted by Gasteiger charge is -2.29. The van der Waals surface area contributed by atoms with E-state index in [0.717, 1.165) is 31.4 Å². The van der Waals surface area contributed by atoms with E-state index >= 15 is 0 Å². The molecule has 0 heterocycles. The van der Waals surface area contributed by atoms with Crippen LogP contribution in [0.25, 0.3) is 0 Å². The Hall–Kier alpha value is -2.23. The maximum Gasteiger partial charge on any atom is 0.573 e. The van der Waals surface area contributed by atoms with Crippen LogP contribution >= 0.6 is 0 Å². The molecule has 7 heteroatoms. The van der Waals surface area contributed by atoms with Crippen molar-refractivity contribution in [2.24, 2.45) is 5.41 Å². The number of nitriles is 1. The first-order valence-corrected chi connectivity index (χ1v) is 6.93. The number of rotatable bonds is 3. The van der Waals surface area contributed by atoms with Gasteiger partial charge in [-0.15, -0.1) is 13.2 Å². The number of hydrogen-bond acceptors (Lipinski definition) is 3. The van der Waals surface area contributed by atoms with Crippen LogP contribution in [-0.2, 0) is 4.79 Å². The zero-order chi connectivity index (χ0) is 16.2. The average molecular weight is 312 g/mol. The summed E-state index contributed by atoms with van der Waals surface area (Å²) in [5.74, 6) is -0.890. The number of halogens is 3. The van der Waals surface area contributed by atoms with E-state index in [1.165, 1.54) is 12.1 Å². The first-order chi connectivity index (χ1) is 10.3. The fraction of sp³-hybridized carbons (Fsp3) is 0.467. The van der Waals surface area contributed by atoms with E-state index in [1.54, 1.807) is 0 Å². The van der Waals surface area contributed by atoms with E-state index < -0.39 is 23.4 Å². The number of alkyl halides is 3. The SMILES string of the molecule is N#CC1(C(=O)Nc2cccc(OC(F)(F)F)c2)CCCCC1. The minimum Gasteiger partial charge on any atom is -0.406 e. The molecule has 1 amide bonds. The molecule has 0 aromatic heterocycles. The number of carbonyl (C=O) groups is 1. The van der Waals surface area contributed by atoms with Crippen molar-refractivity contribution in [2.45, 2.75) is 38.5 Å². The molecule has 0 unspecified atom stereocenters. The molecule has 1 aliphatic rings. The number of anilines is 1. The molecule has 0 spiro atoms. The van der Waals surface area contributed by atoms with Crippen molar-refractivity contribution in [3.05, 3.63) is 24.3 Å². The highest BCUT2D eigenvalue weighted by molar-refractivity contribution is 5.97. The number of nitrogens with zero attached hydrogens (tertiary/aromatic N) is 1. The molecule has 1 aromatic rings. The summed E-state index contributed by atoms with van der Waals surface area (Å²) < 4.78 is 40.4. The Morgan fingerprint density at radius 3 is 2.55 bits per heavy atom. The lowest BCUT2D eigenvalue weighted by Crippen LogP contribution is -2.36. The number of amides is 1. The van der Waals surface area contributed by atoms with Crippen molar-refractivity contribution in [3.63, 3.8) is 0 Å². The summed E-state index contributed by atoms with van der Waals surface area (Å²) in [5, 5.41) is 11.8. The molecule has 22 heavy (non-hydrogen) atoms. The maximum absolute atomic E-state index is 12.3. The zero-order valence-electron chi connectivity index (χ0n) is 11.7. The Morgan fingerprint density at radius 2 is 1.95 bits per heavy atom. The summed E-state index contributed by atoms with van der Waals surface area (Å²) in [4.78, 5) is 12.3. The van der Waals surface area contributed by atoms with Gasteiger partial charge in [0.25, 0.3) is 0 Å². The smallest absolute Gasteiger partial charge is 0.406 e. The van der Waals surface area contributed by atoms with Crippen LogP contribution in [0.15, 0.2) is 24.3 Å². The van der Waals surface area contributed by atoms with Gasteiger partial charge in [-0.3, -0.25) is 4.79 Å². The maximum atomic E-state index is 12.3. The highest BCUT2D eigenvalue weighted by Gasteiger charge is 2.40. The summed E-state index contributed by atoms with van der Waals surface area (Å²) in [6, 6.07) is 7.09. The topological polar surface area (TPSA) is 62.1 Å². The molecule has 1 saturated carbocycles. The van der Waals surface area contributed by atoms with Crippen LogP contribution in [-0.4, -0.2) is 12.3 Å². The molecule has 0 aliphatic heterocycles. The summed E-state index contributed by atoms with van der Waals surface area (Å²) in [5.41, 5.74) is -0.925. The summed E-state index contributed by atoms with van der Waals surface area (Å²) >= 11 is 0. The Morgan fingerprint density at radius 1 is 1.27 bits per heavy atom. The van der Waals surface area contributed by atoms with Crippen LogP contribution < -0.4 is 10.1 Å². The minimum atomic E-state index is -4.79. The Labute approximate surface area is 125 Å². The molecule has 0 atom stereocenters. The molecule has 2 rings (SSSR count). The lowest BCUT2D eigenvalue weighted by atomic mass is 9.74. The van der Waals surface area contributed by atoms with Crippen LogP contribution in [0.1, 0.15) is 32.1 Å². The first kappa shape index (κ1) is 16.1. The van der Waals surface area contributed by atoms with Gasteiger partial charge >= 0.3 is 6.36 Å². The van der Waals surface area contributed by atoms with E-state index in [9.17, 15) is 23.2 Å². The average Bonchev–Trinajstić information content (AvgIpc) is 2.46. The van der Waals surface area contributed by atoms with Crippen LogP contribution in [0.3, 0.4) is 0 Å². The van der Waals surface area contributed by atoms with Crippen molar-refractivity contribution < 1.29 is 22.7 Å². The van der Waals surface area contributed by atoms with E-state index in [2.05, 4.69) is 16.1 Å². The second-order valence-electron chi connectivity index (χ2n) is 5.28.